The van der Waals surface area contributed by atoms with Crippen molar-refractivity contribution in [3.8, 4) is 0 Å². The molecule has 0 aromatic carbocycles. The molecule has 1 aliphatic heterocycles. The monoisotopic (exact) mass is 222 g/mol. The van der Waals surface area contributed by atoms with Gasteiger partial charge in [0.25, 0.3) is 0 Å². The van der Waals surface area contributed by atoms with Crippen molar-refractivity contribution in [3.05, 3.63) is 0 Å². The summed E-state index contributed by atoms with van der Waals surface area (Å²) >= 11 is 0. The van der Waals surface area contributed by atoms with E-state index in [9.17, 15) is 4.79 Å². The molecule has 1 heterocycles. The van der Waals surface area contributed by atoms with E-state index in [4.69, 9.17) is 10.8 Å². The first-order valence-electron chi connectivity index (χ1n) is 4.56. The van der Waals surface area contributed by atoms with Crippen LogP contribution in [0, 0.1) is 11.8 Å². The van der Waals surface area contributed by atoms with Gasteiger partial charge in [0.15, 0.2) is 0 Å². The second-order valence-electron chi connectivity index (χ2n) is 3.96. The molecule has 6 heteroatoms. The molecule has 0 aromatic heterocycles. The van der Waals surface area contributed by atoms with Crippen molar-refractivity contribution < 1.29 is 14.7 Å². The van der Waals surface area contributed by atoms with E-state index in [0.717, 1.165) is 12.8 Å². The average Bonchev–Trinajstić information content (AvgIpc) is 2.41. The lowest BCUT2D eigenvalue weighted by atomic mass is 10.0. The van der Waals surface area contributed by atoms with Crippen molar-refractivity contribution in [2.45, 2.75) is 18.9 Å². The van der Waals surface area contributed by atoms with Gasteiger partial charge in [0.2, 0.25) is 0 Å². The van der Waals surface area contributed by atoms with E-state index in [2.05, 4.69) is 4.84 Å². The fraction of sp³-hybridized carbons (Fsp3) is 0.875. The van der Waals surface area contributed by atoms with E-state index in [0.29, 0.717) is 31.0 Å². The van der Waals surface area contributed by atoms with Crippen molar-refractivity contribution in [1.29, 1.82) is 0 Å². The molecule has 0 spiro atoms. The molecule has 5 nitrogen and oxygen atoms in total. The van der Waals surface area contributed by atoms with Gasteiger partial charge in [-0.2, -0.15) is 0 Å². The first-order valence-corrected chi connectivity index (χ1v) is 4.56. The Morgan fingerprint density at radius 3 is 2.29 bits per heavy atom. The van der Waals surface area contributed by atoms with Gasteiger partial charge in [-0.3, -0.25) is 0 Å². The van der Waals surface area contributed by atoms with Crippen molar-refractivity contribution >= 4 is 18.6 Å². The molecule has 0 bridgehead atoms. The van der Waals surface area contributed by atoms with Gasteiger partial charge in [0.05, 0.1) is 0 Å². The molecule has 1 aliphatic carbocycles. The summed E-state index contributed by atoms with van der Waals surface area (Å²) < 4.78 is 0. The van der Waals surface area contributed by atoms with Crippen LogP contribution in [0.15, 0.2) is 0 Å². The van der Waals surface area contributed by atoms with Gasteiger partial charge in [0, 0.05) is 19.1 Å². The quantitative estimate of drug-likeness (QED) is 0.683. The summed E-state index contributed by atoms with van der Waals surface area (Å²) in [7, 11) is 0. The first-order chi connectivity index (χ1) is 6.15. The predicted molar refractivity (Wildman–Crippen MR) is 52.1 cm³/mol. The largest absolute Gasteiger partial charge is 0.525 e. The number of carboxylic acid groups (broad SMARTS) is 1. The van der Waals surface area contributed by atoms with Crippen LogP contribution in [0.4, 0.5) is 4.79 Å². The van der Waals surface area contributed by atoms with Gasteiger partial charge < -0.3 is 15.7 Å². The number of fused-ring (bicyclic) bond motifs is 1. The van der Waals surface area contributed by atoms with Crippen LogP contribution in [0.2, 0.25) is 0 Å². The highest BCUT2D eigenvalue weighted by atomic mass is 35.5. The second kappa shape index (κ2) is 4.33. The van der Waals surface area contributed by atoms with Crippen molar-refractivity contribution in [2.75, 3.05) is 13.1 Å². The summed E-state index contributed by atoms with van der Waals surface area (Å²) in [6.45, 7) is 1.43. The zero-order valence-corrected chi connectivity index (χ0v) is 8.57. The second-order valence-corrected chi connectivity index (χ2v) is 3.96. The third kappa shape index (κ3) is 2.29. The fourth-order valence-corrected chi connectivity index (χ4v) is 2.49. The van der Waals surface area contributed by atoms with Crippen LogP contribution in [-0.2, 0) is 4.84 Å². The van der Waals surface area contributed by atoms with Gasteiger partial charge in [0.1, 0.15) is 0 Å². The van der Waals surface area contributed by atoms with Gasteiger partial charge >= 0.3 is 6.16 Å². The van der Waals surface area contributed by atoms with E-state index in [1.165, 1.54) is 5.06 Å². The van der Waals surface area contributed by atoms with Crippen LogP contribution in [0.1, 0.15) is 12.8 Å². The van der Waals surface area contributed by atoms with Crippen molar-refractivity contribution in [2.24, 2.45) is 17.6 Å². The minimum atomic E-state index is -1.22. The van der Waals surface area contributed by atoms with Crippen molar-refractivity contribution in [3.63, 3.8) is 0 Å². The van der Waals surface area contributed by atoms with Crippen LogP contribution >= 0.6 is 12.4 Å². The fourth-order valence-electron chi connectivity index (χ4n) is 2.49. The summed E-state index contributed by atoms with van der Waals surface area (Å²) in [4.78, 5) is 14.8. The van der Waals surface area contributed by atoms with Crippen LogP contribution in [0.3, 0.4) is 0 Å². The molecule has 14 heavy (non-hydrogen) atoms. The summed E-state index contributed by atoms with van der Waals surface area (Å²) in [5.74, 6) is 1.07. The SMILES string of the molecule is Cl.NC1C[C@@H]2CN(OC(=O)O)C[C@@H]2C1. The molecule has 3 atom stereocenters. The normalized spacial score (nSPS) is 36.2. The van der Waals surface area contributed by atoms with Crippen LogP contribution in [-0.4, -0.2) is 35.5 Å². The molecule has 0 aromatic rings. The minimum absolute atomic E-state index is 0. The van der Waals surface area contributed by atoms with E-state index in [1.54, 1.807) is 0 Å². The lowest BCUT2D eigenvalue weighted by Crippen LogP contribution is -2.27. The summed E-state index contributed by atoms with van der Waals surface area (Å²) in [6, 6.07) is 0.307. The molecule has 0 radical (unpaired) electrons. The van der Waals surface area contributed by atoms with Crippen LogP contribution in [0.5, 0.6) is 0 Å². The van der Waals surface area contributed by atoms with Crippen LogP contribution in [0.25, 0.3) is 0 Å². The number of halogens is 1. The number of carbonyl (C=O) groups is 1. The minimum Gasteiger partial charge on any atom is -0.448 e. The maximum atomic E-state index is 10.3. The topological polar surface area (TPSA) is 75.8 Å². The maximum Gasteiger partial charge on any atom is 0.525 e. The average molecular weight is 223 g/mol. The van der Waals surface area contributed by atoms with Gasteiger partial charge in [-0.15, -0.1) is 17.5 Å². The summed E-state index contributed by atoms with van der Waals surface area (Å²) in [5, 5.41) is 9.93. The lowest BCUT2D eigenvalue weighted by Gasteiger charge is -2.14. The Hall–Kier alpha value is -0.520. The molecule has 0 amide bonds. The number of hydroxylamine groups is 2. The van der Waals surface area contributed by atoms with E-state index < -0.39 is 6.16 Å². The van der Waals surface area contributed by atoms with Gasteiger partial charge in [-0.25, -0.2) is 4.79 Å². The zero-order chi connectivity index (χ0) is 9.42. The summed E-state index contributed by atoms with van der Waals surface area (Å²) in [6.07, 6.45) is 0.790. The molecule has 1 unspecified atom stereocenters. The lowest BCUT2D eigenvalue weighted by molar-refractivity contribution is -0.108. The predicted octanol–water partition coefficient (Wildman–Crippen LogP) is 0.687. The Bertz CT molecular complexity index is 213. The number of nitrogens with zero attached hydrogens (tertiary/aromatic N) is 1. The first kappa shape index (κ1) is 11.6. The molecule has 2 fully saturated rings. The standard InChI is InChI=1S/C8H14N2O3.ClH/c9-7-1-5-3-10(13-8(11)12)4-6(5)2-7;/h5-7H,1-4,9H2,(H,11,12);1H/t5-,6+,7?;. The highest BCUT2D eigenvalue weighted by Crippen LogP contribution is 2.37. The molecule has 82 valence electrons. The summed E-state index contributed by atoms with van der Waals surface area (Å²) in [5.41, 5.74) is 5.80. The molecule has 2 rings (SSSR count). The maximum absolute atomic E-state index is 10.3. The van der Waals surface area contributed by atoms with Gasteiger partial charge in [-0.1, -0.05) is 0 Å². The third-order valence-corrected chi connectivity index (χ3v) is 2.96. The number of nitrogens with two attached hydrogens (primary N) is 1. The smallest absolute Gasteiger partial charge is 0.448 e. The number of hydrogen-bond donors (Lipinski definition) is 2. The number of hydrogen-bond acceptors (Lipinski definition) is 4. The molecule has 1 saturated carbocycles. The Labute approximate surface area is 88.6 Å². The van der Waals surface area contributed by atoms with E-state index >= 15 is 0 Å². The number of rotatable bonds is 1. The molecular weight excluding hydrogens is 208 g/mol. The Morgan fingerprint density at radius 2 is 1.86 bits per heavy atom. The van der Waals surface area contributed by atoms with E-state index in [1.807, 2.05) is 0 Å². The van der Waals surface area contributed by atoms with Crippen LogP contribution < -0.4 is 5.73 Å². The van der Waals surface area contributed by atoms with Crippen molar-refractivity contribution in [1.82, 2.24) is 5.06 Å². The Kier molecular flexibility index (Phi) is 3.58. The third-order valence-electron chi connectivity index (χ3n) is 2.96. The zero-order valence-electron chi connectivity index (χ0n) is 7.76. The highest BCUT2D eigenvalue weighted by Gasteiger charge is 2.41. The van der Waals surface area contributed by atoms with Gasteiger partial charge in [-0.05, 0) is 24.7 Å². The molecule has 1 saturated heterocycles. The molecular formula is C8H15ClN2O3. The highest BCUT2D eigenvalue weighted by molar-refractivity contribution is 5.85. The van der Waals surface area contributed by atoms with E-state index in [-0.39, 0.29) is 12.4 Å². The molecule has 3 N–H and O–H groups in total. The molecule has 2 aliphatic rings. The Morgan fingerprint density at radius 1 is 1.36 bits per heavy atom. The Balaban J connectivity index is 0.000000980.